The Hall–Kier alpha value is -2.89. The minimum Gasteiger partial charge on any atom is -0.349 e. The van der Waals surface area contributed by atoms with Gasteiger partial charge in [0.2, 0.25) is 0 Å². The summed E-state index contributed by atoms with van der Waals surface area (Å²) in [6, 6.07) is 7.91. The van der Waals surface area contributed by atoms with E-state index in [1.54, 1.807) is 15.3 Å². The van der Waals surface area contributed by atoms with Crippen LogP contribution < -0.4 is 10.9 Å². The zero-order valence-electron chi connectivity index (χ0n) is 17.3. The predicted octanol–water partition coefficient (Wildman–Crippen LogP) is 3.49. The minimum absolute atomic E-state index is 0.00192. The maximum absolute atomic E-state index is 13.1. The fourth-order valence-corrected chi connectivity index (χ4v) is 4.85. The average Bonchev–Trinajstić information content (AvgIpc) is 3.16. The largest absolute Gasteiger partial charge is 0.349 e. The third kappa shape index (κ3) is 3.66. The number of aromatic nitrogens is 3. The summed E-state index contributed by atoms with van der Waals surface area (Å²) in [5.41, 5.74) is 4.60. The summed E-state index contributed by atoms with van der Waals surface area (Å²) in [5, 5.41) is 7.76. The number of fused-ring (bicyclic) bond motifs is 3. The van der Waals surface area contributed by atoms with E-state index in [-0.39, 0.29) is 11.5 Å². The van der Waals surface area contributed by atoms with E-state index in [2.05, 4.69) is 10.4 Å². The van der Waals surface area contributed by atoms with Gasteiger partial charge in [0.25, 0.3) is 11.5 Å². The number of nitrogens with zero attached hydrogens (tertiary/aromatic N) is 3. The van der Waals surface area contributed by atoms with Crippen molar-refractivity contribution in [1.82, 2.24) is 19.5 Å². The minimum atomic E-state index is -0.00192. The third-order valence-corrected chi connectivity index (χ3v) is 6.54. The van der Waals surface area contributed by atoms with Crippen LogP contribution in [0.1, 0.15) is 72.1 Å². The molecule has 1 saturated carbocycles. The zero-order valence-corrected chi connectivity index (χ0v) is 17.3. The molecule has 2 aliphatic rings. The maximum Gasteiger partial charge on any atom is 0.277 e. The normalized spacial score (nSPS) is 17.1. The molecule has 0 radical (unpaired) electrons. The summed E-state index contributed by atoms with van der Waals surface area (Å²) in [5.74, 6) is -0.00192. The number of amides is 1. The number of benzene rings is 1. The second-order valence-electron chi connectivity index (χ2n) is 8.66. The van der Waals surface area contributed by atoms with Gasteiger partial charge in [-0.3, -0.25) is 9.59 Å². The number of aryl methyl sites for hydroxylation is 2. The maximum atomic E-state index is 13.1. The molecule has 5 rings (SSSR count). The lowest BCUT2D eigenvalue weighted by atomic mass is 9.95. The number of nitrogens with one attached hydrogen (secondary N) is 1. The monoisotopic (exact) mass is 404 g/mol. The number of hydrogen-bond acceptors (Lipinski definition) is 3. The molecule has 3 aromatic rings. The first-order chi connectivity index (χ1) is 14.7. The van der Waals surface area contributed by atoms with Crippen LogP contribution in [0.4, 0.5) is 0 Å². The molecular weight excluding hydrogens is 376 g/mol. The summed E-state index contributed by atoms with van der Waals surface area (Å²) in [6.45, 7) is 0.486. The predicted molar refractivity (Wildman–Crippen MR) is 116 cm³/mol. The fraction of sp³-hybridized carbons (Fsp3) is 0.458. The van der Waals surface area contributed by atoms with Crippen LogP contribution in [-0.4, -0.2) is 26.1 Å². The van der Waals surface area contributed by atoms with Crippen molar-refractivity contribution in [1.29, 1.82) is 0 Å². The van der Waals surface area contributed by atoms with E-state index in [1.165, 1.54) is 19.3 Å². The fourth-order valence-electron chi connectivity index (χ4n) is 4.85. The van der Waals surface area contributed by atoms with Gasteiger partial charge in [0.1, 0.15) is 5.52 Å². The lowest BCUT2D eigenvalue weighted by molar-refractivity contribution is 0.0927. The first kappa shape index (κ1) is 19.1. The van der Waals surface area contributed by atoms with Crippen molar-refractivity contribution in [2.75, 3.05) is 0 Å². The van der Waals surface area contributed by atoms with Crippen LogP contribution in [-0.2, 0) is 19.4 Å². The number of carbonyl (C=O) groups is 1. The quantitative estimate of drug-likeness (QED) is 0.724. The van der Waals surface area contributed by atoms with Gasteiger partial charge < -0.3 is 9.88 Å². The molecule has 2 aromatic heterocycles. The molecule has 2 aliphatic carbocycles. The van der Waals surface area contributed by atoms with Gasteiger partial charge in [-0.25, -0.2) is 4.52 Å². The van der Waals surface area contributed by atoms with Crippen molar-refractivity contribution < 1.29 is 4.79 Å². The third-order valence-electron chi connectivity index (χ3n) is 6.54. The molecule has 1 aromatic carbocycles. The molecule has 156 valence electrons. The van der Waals surface area contributed by atoms with E-state index in [0.717, 1.165) is 60.9 Å². The molecule has 1 amide bonds. The van der Waals surface area contributed by atoms with E-state index in [1.807, 2.05) is 30.5 Å². The standard InChI is InChI=1S/C24H28N4O2/c29-23(25-19-6-2-1-3-7-19)18-12-10-17(11-13-18)16-27-14-15-28-22(24(27)30)20-8-4-5-9-21(20)26-28/h10-15,19H,1-9,16H2,(H,25,29). The van der Waals surface area contributed by atoms with Crippen LogP contribution in [0.5, 0.6) is 0 Å². The summed E-state index contributed by atoms with van der Waals surface area (Å²) >= 11 is 0. The Kier molecular flexibility index (Phi) is 5.15. The van der Waals surface area contributed by atoms with Crippen molar-refractivity contribution >= 4 is 11.4 Å². The first-order valence-corrected chi connectivity index (χ1v) is 11.2. The SMILES string of the molecule is O=C(NC1CCCCC1)c1ccc(Cn2ccn3nc4c(c3c2=O)CCCC4)cc1. The summed E-state index contributed by atoms with van der Waals surface area (Å²) in [6.07, 6.45) is 13.7. The summed E-state index contributed by atoms with van der Waals surface area (Å²) in [4.78, 5) is 25.6. The average molecular weight is 405 g/mol. The van der Waals surface area contributed by atoms with Gasteiger partial charge in [0, 0.05) is 29.6 Å². The molecule has 0 bridgehead atoms. The lowest BCUT2D eigenvalue weighted by Gasteiger charge is -2.22. The van der Waals surface area contributed by atoms with Crippen molar-refractivity contribution in [3.05, 3.63) is 69.4 Å². The van der Waals surface area contributed by atoms with Crippen LogP contribution in [0.3, 0.4) is 0 Å². The van der Waals surface area contributed by atoms with Crippen molar-refractivity contribution in [2.45, 2.75) is 70.4 Å². The Labute approximate surface area is 175 Å². The van der Waals surface area contributed by atoms with E-state index in [4.69, 9.17) is 0 Å². The molecular formula is C24H28N4O2. The van der Waals surface area contributed by atoms with Gasteiger partial charge in [-0.05, 0) is 56.2 Å². The molecule has 0 aliphatic heterocycles. The molecule has 6 nitrogen and oxygen atoms in total. The van der Waals surface area contributed by atoms with E-state index in [9.17, 15) is 9.59 Å². The Morgan fingerprint density at radius 3 is 2.57 bits per heavy atom. The Bertz CT molecular complexity index is 1120. The molecule has 0 spiro atoms. The van der Waals surface area contributed by atoms with E-state index >= 15 is 0 Å². The van der Waals surface area contributed by atoms with Crippen molar-refractivity contribution in [2.24, 2.45) is 0 Å². The molecule has 0 atom stereocenters. The molecule has 0 unspecified atom stereocenters. The number of hydrogen-bond donors (Lipinski definition) is 1. The molecule has 1 N–H and O–H groups in total. The van der Waals surface area contributed by atoms with Crippen LogP contribution >= 0.6 is 0 Å². The second kappa shape index (κ2) is 8.09. The Morgan fingerprint density at radius 2 is 1.77 bits per heavy atom. The Balaban J connectivity index is 1.33. The molecule has 0 saturated heterocycles. The second-order valence-corrected chi connectivity index (χ2v) is 8.66. The topological polar surface area (TPSA) is 68.4 Å². The Morgan fingerprint density at radius 1 is 1.00 bits per heavy atom. The van der Waals surface area contributed by atoms with Crippen LogP contribution in [0, 0.1) is 0 Å². The number of rotatable bonds is 4. The number of carbonyl (C=O) groups excluding carboxylic acids is 1. The van der Waals surface area contributed by atoms with Crippen LogP contribution in [0.25, 0.3) is 5.52 Å². The smallest absolute Gasteiger partial charge is 0.277 e. The van der Waals surface area contributed by atoms with Gasteiger partial charge in [-0.1, -0.05) is 31.4 Å². The molecule has 1 fully saturated rings. The first-order valence-electron chi connectivity index (χ1n) is 11.2. The molecule has 30 heavy (non-hydrogen) atoms. The van der Waals surface area contributed by atoms with Gasteiger partial charge >= 0.3 is 0 Å². The van der Waals surface area contributed by atoms with Gasteiger partial charge in [0.05, 0.1) is 12.2 Å². The van der Waals surface area contributed by atoms with Crippen molar-refractivity contribution in [3.63, 3.8) is 0 Å². The van der Waals surface area contributed by atoms with E-state index in [0.29, 0.717) is 18.2 Å². The van der Waals surface area contributed by atoms with Crippen molar-refractivity contribution in [3.8, 4) is 0 Å². The van der Waals surface area contributed by atoms with E-state index < -0.39 is 0 Å². The van der Waals surface area contributed by atoms with Crippen LogP contribution in [0.2, 0.25) is 0 Å². The lowest BCUT2D eigenvalue weighted by Crippen LogP contribution is -2.36. The highest BCUT2D eigenvalue weighted by Gasteiger charge is 2.20. The highest BCUT2D eigenvalue weighted by molar-refractivity contribution is 5.94. The zero-order chi connectivity index (χ0) is 20.5. The summed E-state index contributed by atoms with van der Waals surface area (Å²) < 4.78 is 3.48. The highest BCUT2D eigenvalue weighted by Crippen LogP contribution is 2.23. The summed E-state index contributed by atoms with van der Waals surface area (Å²) in [7, 11) is 0. The molecule has 2 heterocycles. The van der Waals surface area contributed by atoms with Crippen LogP contribution in [0.15, 0.2) is 41.5 Å². The van der Waals surface area contributed by atoms with Gasteiger partial charge in [-0.15, -0.1) is 0 Å². The van der Waals surface area contributed by atoms with Gasteiger partial charge in [0.15, 0.2) is 0 Å². The van der Waals surface area contributed by atoms with Gasteiger partial charge in [-0.2, -0.15) is 5.10 Å². The molecule has 6 heteroatoms. The highest BCUT2D eigenvalue weighted by atomic mass is 16.1.